The maximum absolute atomic E-state index is 11.4. The second-order valence-electron chi connectivity index (χ2n) is 6.37. The number of hydrogen-bond donors (Lipinski definition) is 2. The molecule has 0 saturated heterocycles. The van der Waals surface area contributed by atoms with Crippen LogP contribution >= 0.6 is 15.9 Å². The van der Waals surface area contributed by atoms with Crippen LogP contribution < -0.4 is 15.0 Å². The molecule has 1 amide bonds. The van der Waals surface area contributed by atoms with E-state index in [9.17, 15) is 4.79 Å². The molecule has 2 aromatic carbocycles. The van der Waals surface area contributed by atoms with E-state index in [1.54, 1.807) is 18.7 Å². The van der Waals surface area contributed by atoms with Crippen LogP contribution in [0, 0.1) is 0 Å². The number of benzene rings is 2. The average Bonchev–Trinajstić information content (AvgIpc) is 2.69. The van der Waals surface area contributed by atoms with Crippen LogP contribution in [0.4, 0.5) is 0 Å². The van der Waals surface area contributed by atoms with Crippen molar-refractivity contribution in [1.29, 1.82) is 0 Å². The summed E-state index contributed by atoms with van der Waals surface area (Å²) >= 11 is 3.43. The van der Waals surface area contributed by atoms with Crippen LogP contribution in [0.25, 0.3) is 6.08 Å². The lowest BCUT2D eigenvalue weighted by Gasteiger charge is -2.17. The quantitative estimate of drug-likeness (QED) is 0.257. The summed E-state index contributed by atoms with van der Waals surface area (Å²) in [6.07, 6.45) is 5.58. The smallest absolute Gasteiger partial charge is 0.267 e. The van der Waals surface area contributed by atoms with Gasteiger partial charge in [-0.25, -0.2) is 5.48 Å². The molecule has 0 bridgehead atoms. The predicted octanol–water partition coefficient (Wildman–Crippen LogP) is 5.06. The highest BCUT2D eigenvalue weighted by Crippen LogP contribution is 2.35. The third-order valence-corrected chi connectivity index (χ3v) is 4.53. The van der Waals surface area contributed by atoms with E-state index in [-0.39, 0.29) is 0 Å². The summed E-state index contributed by atoms with van der Waals surface area (Å²) in [6, 6.07) is 11.5. The molecule has 2 N–H and O–H groups in total. The molecule has 2 rings (SSSR count). The molecule has 0 radical (unpaired) electrons. The molecule has 0 heterocycles. The number of rotatable bonds is 8. The Hall–Kier alpha value is -2.57. The summed E-state index contributed by atoms with van der Waals surface area (Å²) in [5, 5.41) is 8.72. The number of allylic oxidation sites excluding steroid dienone is 2. The van der Waals surface area contributed by atoms with Crippen molar-refractivity contribution in [1.82, 2.24) is 5.48 Å². The fraction of sp³-hybridized carbons (Fsp3) is 0.227. The molecule has 0 saturated carbocycles. The zero-order valence-electron chi connectivity index (χ0n) is 16.2. The Balaban J connectivity index is 2.44. The van der Waals surface area contributed by atoms with Crippen LogP contribution in [0.2, 0.25) is 0 Å². The van der Waals surface area contributed by atoms with Crippen molar-refractivity contribution in [3.63, 3.8) is 0 Å². The van der Waals surface area contributed by atoms with Gasteiger partial charge in [-0.3, -0.25) is 10.0 Å². The molecule has 0 aliphatic carbocycles. The van der Waals surface area contributed by atoms with E-state index in [1.807, 2.05) is 50.2 Å². The number of hydrogen-bond acceptors (Lipinski definition) is 4. The Bertz CT molecular complexity index is 869. The second kappa shape index (κ2) is 10.7. The van der Waals surface area contributed by atoms with Crippen molar-refractivity contribution in [2.45, 2.75) is 26.9 Å². The Morgan fingerprint density at radius 3 is 2.50 bits per heavy atom. The van der Waals surface area contributed by atoms with Crippen LogP contribution in [0.5, 0.6) is 11.5 Å². The van der Waals surface area contributed by atoms with E-state index < -0.39 is 5.91 Å². The number of carbonyl (C=O) groups is 1. The van der Waals surface area contributed by atoms with Gasteiger partial charge in [0, 0.05) is 21.7 Å². The first-order valence-electron chi connectivity index (χ1n) is 8.77. The van der Waals surface area contributed by atoms with E-state index in [0.717, 1.165) is 21.2 Å². The van der Waals surface area contributed by atoms with Gasteiger partial charge < -0.3 is 9.47 Å². The Kier molecular flexibility index (Phi) is 8.29. The molecule has 2 aromatic rings. The SMILES string of the molecule is COc1ccc(/C=C\C(=O)NO)c(OCc2ccc(Br)cc2)c1CC=C(C)C. The third-order valence-electron chi connectivity index (χ3n) is 4.00. The van der Waals surface area contributed by atoms with E-state index in [4.69, 9.17) is 14.7 Å². The van der Waals surface area contributed by atoms with Gasteiger partial charge in [0.15, 0.2) is 0 Å². The summed E-state index contributed by atoms with van der Waals surface area (Å²) < 4.78 is 12.7. The van der Waals surface area contributed by atoms with E-state index in [1.165, 1.54) is 11.6 Å². The van der Waals surface area contributed by atoms with Crippen molar-refractivity contribution in [2.24, 2.45) is 0 Å². The monoisotopic (exact) mass is 445 g/mol. The van der Waals surface area contributed by atoms with Gasteiger partial charge in [0.2, 0.25) is 0 Å². The molecule has 0 aromatic heterocycles. The molecular weight excluding hydrogens is 422 g/mol. The van der Waals surface area contributed by atoms with Crippen molar-refractivity contribution in [3.8, 4) is 11.5 Å². The number of halogens is 1. The maximum Gasteiger partial charge on any atom is 0.267 e. The van der Waals surface area contributed by atoms with Crippen LogP contribution in [0.3, 0.4) is 0 Å². The lowest BCUT2D eigenvalue weighted by atomic mass is 10.0. The highest BCUT2D eigenvalue weighted by molar-refractivity contribution is 9.10. The number of hydroxylamine groups is 1. The molecule has 0 atom stereocenters. The van der Waals surface area contributed by atoms with Crippen LogP contribution in [0.1, 0.15) is 30.5 Å². The van der Waals surface area contributed by atoms with Gasteiger partial charge in [0.1, 0.15) is 18.1 Å². The summed E-state index contributed by atoms with van der Waals surface area (Å²) in [7, 11) is 1.62. The molecular formula is C22H24BrNO4. The van der Waals surface area contributed by atoms with E-state index >= 15 is 0 Å². The van der Waals surface area contributed by atoms with Crippen molar-refractivity contribution in [2.75, 3.05) is 7.11 Å². The fourth-order valence-electron chi connectivity index (χ4n) is 2.56. The molecule has 0 aliphatic rings. The normalized spacial score (nSPS) is 10.6. The summed E-state index contributed by atoms with van der Waals surface area (Å²) in [4.78, 5) is 11.4. The van der Waals surface area contributed by atoms with Gasteiger partial charge in [0.05, 0.1) is 7.11 Å². The standard InChI is InChI=1S/C22H24BrNO4/c1-15(2)4-11-19-20(27-3)12-7-17(8-13-21(25)24-26)22(19)28-14-16-5-9-18(23)10-6-16/h4-10,12-13,26H,11,14H2,1-3H3,(H,24,25)/b13-8-. The lowest BCUT2D eigenvalue weighted by molar-refractivity contribution is -0.124. The first-order chi connectivity index (χ1) is 13.4. The molecule has 0 aliphatic heterocycles. The zero-order chi connectivity index (χ0) is 20.5. The minimum atomic E-state index is -0.611. The molecule has 28 heavy (non-hydrogen) atoms. The lowest BCUT2D eigenvalue weighted by Crippen LogP contribution is -2.14. The first kappa shape index (κ1) is 21.7. The number of amides is 1. The minimum absolute atomic E-state index is 0.370. The second-order valence-corrected chi connectivity index (χ2v) is 7.29. The highest BCUT2D eigenvalue weighted by Gasteiger charge is 2.14. The van der Waals surface area contributed by atoms with Gasteiger partial charge in [0.25, 0.3) is 5.91 Å². The largest absolute Gasteiger partial charge is 0.496 e. The molecule has 6 heteroatoms. The fourth-order valence-corrected chi connectivity index (χ4v) is 2.82. The average molecular weight is 446 g/mol. The van der Waals surface area contributed by atoms with Crippen LogP contribution in [-0.2, 0) is 17.8 Å². The molecule has 0 unspecified atom stereocenters. The highest BCUT2D eigenvalue weighted by atomic mass is 79.9. The van der Waals surface area contributed by atoms with Crippen molar-refractivity contribution >= 4 is 27.9 Å². The van der Waals surface area contributed by atoms with Gasteiger partial charge in [-0.15, -0.1) is 0 Å². The Morgan fingerprint density at radius 1 is 1.18 bits per heavy atom. The number of ether oxygens (including phenoxy) is 2. The Morgan fingerprint density at radius 2 is 1.89 bits per heavy atom. The maximum atomic E-state index is 11.4. The van der Waals surface area contributed by atoms with Gasteiger partial charge in [-0.1, -0.05) is 39.7 Å². The first-order valence-corrected chi connectivity index (χ1v) is 9.56. The Labute approximate surface area is 173 Å². The molecule has 0 fully saturated rings. The minimum Gasteiger partial charge on any atom is -0.496 e. The third kappa shape index (κ3) is 6.25. The van der Waals surface area contributed by atoms with Crippen LogP contribution in [-0.4, -0.2) is 18.2 Å². The van der Waals surface area contributed by atoms with Gasteiger partial charge in [-0.2, -0.15) is 0 Å². The van der Waals surface area contributed by atoms with Gasteiger partial charge >= 0.3 is 0 Å². The van der Waals surface area contributed by atoms with Crippen molar-refractivity contribution < 1.29 is 19.5 Å². The topological polar surface area (TPSA) is 67.8 Å². The molecule has 0 spiro atoms. The number of carbonyl (C=O) groups excluding carboxylic acids is 1. The summed E-state index contributed by atoms with van der Waals surface area (Å²) in [5.74, 6) is 0.745. The molecule has 5 nitrogen and oxygen atoms in total. The summed E-state index contributed by atoms with van der Waals surface area (Å²) in [5.41, 5.74) is 5.40. The summed E-state index contributed by atoms with van der Waals surface area (Å²) in [6.45, 7) is 4.43. The van der Waals surface area contributed by atoms with Crippen LogP contribution in [0.15, 0.2) is 58.6 Å². The predicted molar refractivity (Wildman–Crippen MR) is 114 cm³/mol. The zero-order valence-corrected chi connectivity index (χ0v) is 17.7. The van der Waals surface area contributed by atoms with E-state index in [0.29, 0.717) is 24.5 Å². The number of nitrogens with one attached hydrogen (secondary N) is 1. The number of methoxy groups -OCH3 is 1. The van der Waals surface area contributed by atoms with Gasteiger partial charge in [-0.05, 0) is 56.2 Å². The van der Waals surface area contributed by atoms with E-state index in [2.05, 4.69) is 22.0 Å². The van der Waals surface area contributed by atoms with Crippen molar-refractivity contribution in [3.05, 3.63) is 75.3 Å². The molecule has 148 valence electrons.